The molecule has 1 saturated heterocycles. The van der Waals surface area contributed by atoms with Crippen molar-refractivity contribution >= 4 is 17.8 Å². The molecule has 9 nitrogen and oxygen atoms in total. The molecule has 3 rings (SSSR count). The summed E-state index contributed by atoms with van der Waals surface area (Å²) in [6.45, 7) is 7.04. The lowest BCUT2D eigenvalue weighted by atomic mass is 10.1. The van der Waals surface area contributed by atoms with Crippen molar-refractivity contribution in [3.63, 3.8) is 0 Å². The quantitative estimate of drug-likeness (QED) is 0.770. The van der Waals surface area contributed by atoms with Gasteiger partial charge >= 0.3 is 17.8 Å². The second-order valence-corrected chi connectivity index (χ2v) is 6.57. The maximum absolute atomic E-state index is 12.3. The van der Waals surface area contributed by atoms with E-state index in [0.717, 1.165) is 27.7 Å². The lowest BCUT2D eigenvalue weighted by Crippen LogP contribution is -2.58. The van der Waals surface area contributed by atoms with Gasteiger partial charge in [0, 0.05) is 38.1 Å². The molecule has 1 aliphatic rings. The van der Waals surface area contributed by atoms with Crippen LogP contribution >= 0.6 is 0 Å². The standard InChI is InChI=1S/C19H24N6O3/c1-4-23-11-12-24(18(27)17(23)26)19(28)21-10-8-15-13(2)22-25(14(15)3)16-7-5-6-9-20-16/h5-7,9H,4,8,10-12H2,1-3H3,(H,21,28). The summed E-state index contributed by atoms with van der Waals surface area (Å²) in [7, 11) is 0. The molecule has 9 heteroatoms. The van der Waals surface area contributed by atoms with E-state index in [1.807, 2.05) is 32.0 Å². The third-order valence-electron chi connectivity index (χ3n) is 4.89. The highest BCUT2D eigenvalue weighted by Crippen LogP contribution is 2.17. The van der Waals surface area contributed by atoms with E-state index in [2.05, 4.69) is 15.4 Å². The SMILES string of the molecule is CCN1CCN(C(=O)NCCc2c(C)nn(-c3ccccn3)c2C)C(=O)C1=O. The molecule has 0 bridgehead atoms. The molecule has 1 fully saturated rings. The first-order valence-electron chi connectivity index (χ1n) is 9.29. The molecule has 4 amide bonds. The summed E-state index contributed by atoms with van der Waals surface area (Å²) < 4.78 is 1.78. The van der Waals surface area contributed by atoms with Crippen LogP contribution in [0.3, 0.4) is 0 Å². The molecule has 1 aliphatic heterocycles. The number of piperazine rings is 1. The molecule has 28 heavy (non-hydrogen) atoms. The Bertz CT molecular complexity index is 893. The summed E-state index contributed by atoms with van der Waals surface area (Å²) in [4.78, 5) is 43.1. The number of nitrogens with zero attached hydrogens (tertiary/aromatic N) is 5. The van der Waals surface area contributed by atoms with Crippen molar-refractivity contribution in [2.75, 3.05) is 26.2 Å². The molecule has 0 unspecified atom stereocenters. The predicted octanol–water partition coefficient (Wildman–Crippen LogP) is 0.827. The fraction of sp³-hybridized carbons (Fsp3) is 0.421. The molecule has 2 aromatic rings. The van der Waals surface area contributed by atoms with E-state index >= 15 is 0 Å². The van der Waals surface area contributed by atoms with Gasteiger partial charge in [-0.1, -0.05) is 6.07 Å². The summed E-state index contributed by atoms with van der Waals surface area (Å²) in [6, 6.07) is 5.08. The summed E-state index contributed by atoms with van der Waals surface area (Å²) in [5, 5.41) is 7.27. The van der Waals surface area contributed by atoms with Crippen LogP contribution in [0.2, 0.25) is 0 Å². The summed E-state index contributed by atoms with van der Waals surface area (Å²) in [5.74, 6) is -0.676. The number of hydrogen-bond donors (Lipinski definition) is 1. The number of nitrogens with one attached hydrogen (secondary N) is 1. The lowest BCUT2D eigenvalue weighted by molar-refractivity contribution is -0.153. The Morgan fingerprint density at radius 1 is 1.18 bits per heavy atom. The lowest BCUT2D eigenvalue weighted by Gasteiger charge is -2.31. The number of imide groups is 1. The van der Waals surface area contributed by atoms with E-state index in [4.69, 9.17) is 0 Å². The van der Waals surface area contributed by atoms with Crippen LogP contribution in [0.15, 0.2) is 24.4 Å². The van der Waals surface area contributed by atoms with Gasteiger partial charge in [0.2, 0.25) is 0 Å². The second kappa shape index (κ2) is 8.20. The Morgan fingerprint density at radius 3 is 2.64 bits per heavy atom. The second-order valence-electron chi connectivity index (χ2n) is 6.57. The number of rotatable bonds is 5. The first kappa shape index (κ1) is 19.5. The number of carbonyl (C=O) groups is 3. The van der Waals surface area contributed by atoms with Gasteiger partial charge in [-0.15, -0.1) is 0 Å². The van der Waals surface area contributed by atoms with Crippen LogP contribution in [-0.2, 0) is 16.0 Å². The van der Waals surface area contributed by atoms with E-state index in [-0.39, 0.29) is 6.54 Å². The van der Waals surface area contributed by atoms with Crippen molar-refractivity contribution in [2.45, 2.75) is 27.2 Å². The number of likely N-dealkylation sites (N-methyl/N-ethyl adjacent to an activating group) is 1. The highest BCUT2D eigenvalue weighted by molar-refractivity contribution is 6.38. The van der Waals surface area contributed by atoms with E-state index in [9.17, 15) is 14.4 Å². The zero-order valence-electron chi connectivity index (χ0n) is 16.3. The van der Waals surface area contributed by atoms with Gasteiger partial charge in [-0.2, -0.15) is 5.10 Å². The summed E-state index contributed by atoms with van der Waals surface area (Å²) in [5.41, 5.74) is 2.83. The fourth-order valence-electron chi connectivity index (χ4n) is 3.30. The van der Waals surface area contributed by atoms with E-state index in [1.54, 1.807) is 17.8 Å². The van der Waals surface area contributed by atoms with Gasteiger partial charge in [0.1, 0.15) is 0 Å². The topological polar surface area (TPSA) is 100 Å². The van der Waals surface area contributed by atoms with Gasteiger partial charge in [-0.05, 0) is 44.9 Å². The predicted molar refractivity (Wildman–Crippen MR) is 102 cm³/mol. The molecule has 0 atom stereocenters. The number of aryl methyl sites for hydroxylation is 1. The average Bonchev–Trinajstić information content (AvgIpc) is 2.98. The van der Waals surface area contributed by atoms with Crippen LogP contribution in [0.1, 0.15) is 23.9 Å². The minimum Gasteiger partial charge on any atom is -0.337 e. The molecule has 0 radical (unpaired) electrons. The molecule has 3 heterocycles. The van der Waals surface area contributed by atoms with Crippen molar-refractivity contribution in [1.29, 1.82) is 0 Å². The van der Waals surface area contributed by atoms with Crippen LogP contribution in [-0.4, -0.2) is 68.6 Å². The van der Waals surface area contributed by atoms with Crippen LogP contribution in [0, 0.1) is 13.8 Å². The first-order chi connectivity index (χ1) is 13.4. The molecular formula is C19H24N6O3. The van der Waals surface area contributed by atoms with Crippen molar-refractivity contribution in [3.05, 3.63) is 41.3 Å². The third kappa shape index (κ3) is 3.73. The maximum atomic E-state index is 12.3. The first-order valence-corrected chi connectivity index (χ1v) is 9.29. The van der Waals surface area contributed by atoms with Gasteiger partial charge in [0.15, 0.2) is 5.82 Å². The Morgan fingerprint density at radius 2 is 1.96 bits per heavy atom. The molecular weight excluding hydrogens is 360 g/mol. The average molecular weight is 384 g/mol. The Hall–Kier alpha value is -3.23. The minimum absolute atomic E-state index is 0.208. The van der Waals surface area contributed by atoms with Crippen LogP contribution in [0.4, 0.5) is 4.79 Å². The smallest absolute Gasteiger partial charge is 0.324 e. The van der Waals surface area contributed by atoms with Crippen molar-refractivity contribution in [3.8, 4) is 5.82 Å². The maximum Gasteiger partial charge on any atom is 0.324 e. The normalized spacial score (nSPS) is 14.5. The Labute approximate surface area is 163 Å². The molecule has 0 aliphatic carbocycles. The van der Waals surface area contributed by atoms with Gasteiger partial charge in [0.05, 0.1) is 5.69 Å². The molecule has 0 spiro atoms. The zero-order chi connectivity index (χ0) is 20.3. The van der Waals surface area contributed by atoms with E-state index < -0.39 is 17.8 Å². The van der Waals surface area contributed by atoms with Crippen molar-refractivity contribution < 1.29 is 14.4 Å². The highest BCUT2D eigenvalue weighted by Gasteiger charge is 2.35. The van der Waals surface area contributed by atoms with Crippen LogP contribution in [0.5, 0.6) is 0 Å². The molecule has 2 aromatic heterocycles. The number of pyridine rings is 1. The number of hydrogen-bond acceptors (Lipinski definition) is 5. The molecule has 148 valence electrons. The molecule has 0 aromatic carbocycles. The Balaban J connectivity index is 1.61. The summed E-state index contributed by atoms with van der Waals surface area (Å²) >= 11 is 0. The van der Waals surface area contributed by atoms with Gasteiger partial charge < -0.3 is 10.2 Å². The van der Waals surface area contributed by atoms with Crippen LogP contribution < -0.4 is 5.32 Å². The van der Waals surface area contributed by atoms with E-state index in [1.165, 1.54) is 4.90 Å². The van der Waals surface area contributed by atoms with Crippen LogP contribution in [0.25, 0.3) is 5.82 Å². The zero-order valence-corrected chi connectivity index (χ0v) is 16.3. The van der Waals surface area contributed by atoms with Crippen molar-refractivity contribution in [1.82, 2.24) is 29.9 Å². The Kier molecular flexibility index (Phi) is 5.72. The monoisotopic (exact) mass is 384 g/mol. The fourth-order valence-corrected chi connectivity index (χ4v) is 3.30. The number of amides is 4. The molecule has 1 N–H and O–H groups in total. The van der Waals surface area contributed by atoms with Gasteiger partial charge in [0.25, 0.3) is 0 Å². The van der Waals surface area contributed by atoms with E-state index in [0.29, 0.717) is 26.1 Å². The third-order valence-corrected chi connectivity index (χ3v) is 4.89. The minimum atomic E-state index is -0.777. The van der Waals surface area contributed by atoms with Gasteiger partial charge in [-0.3, -0.25) is 14.5 Å². The summed E-state index contributed by atoms with van der Waals surface area (Å²) in [6.07, 6.45) is 2.27. The van der Waals surface area contributed by atoms with Gasteiger partial charge in [-0.25, -0.2) is 14.5 Å². The van der Waals surface area contributed by atoms with Crippen molar-refractivity contribution in [2.24, 2.45) is 0 Å². The highest BCUT2D eigenvalue weighted by atomic mass is 16.2. The molecule has 0 saturated carbocycles. The number of aromatic nitrogens is 3. The number of urea groups is 1. The largest absolute Gasteiger partial charge is 0.337 e. The number of carbonyl (C=O) groups excluding carboxylic acids is 3.